The molecule has 0 spiro atoms. The lowest BCUT2D eigenvalue weighted by Gasteiger charge is -2.23. The van der Waals surface area contributed by atoms with E-state index in [9.17, 15) is 0 Å². The molecule has 0 radical (unpaired) electrons. The molecule has 1 N–H and O–H groups in total. The van der Waals surface area contributed by atoms with Crippen LogP contribution in [0.25, 0.3) is 0 Å². The monoisotopic (exact) mass is 277 g/mol. The fourth-order valence-corrected chi connectivity index (χ4v) is 2.39. The fraction of sp³-hybridized carbons (Fsp3) is 0.647. The topological polar surface area (TPSA) is 30.5 Å². The highest BCUT2D eigenvalue weighted by Gasteiger charge is 2.14. The van der Waals surface area contributed by atoms with Crippen molar-refractivity contribution in [3.8, 4) is 5.75 Å². The van der Waals surface area contributed by atoms with E-state index in [1.807, 2.05) is 6.07 Å². The summed E-state index contributed by atoms with van der Waals surface area (Å²) in [6.07, 6.45) is 2.22. The van der Waals surface area contributed by atoms with Crippen LogP contribution in [0.15, 0.2) is 24.3 Å². The largest absolute Gasteiger partial charge is 0.492 e. The standard InChI is InChI=1S/C17H27NO2/c1-17(2,3)14-5-4-6-16(13-14)20-12-9-18-15-7-10-19-11-8-15/h4-6,13,15,18H,7-12H2,1-3H3. The lowest BCUT2D eigenvalue weighted by atomic mass is 9.87. The van der Waals surface area contributed by atoms with Crippen LogP contribution < -0.4 is 10.1 Å². The molecule has 3 heteroatoms. The normalized spacial score (nSPS) is 17.1. The molecule has 0 amide bonds. The minimum Gasteiger partial charge on any atom is -0.492 e. The van der Waals surface area contributed by atoms with Crippen LogP contribution in [0.2, 0.25) is 0 Å². The minimum absolute atomic E-state index is 0.166. The molecule has 20 heavy (non-hydrogen) atoms. The number of benzene rings is 1. The fourth-order valence-electron chi connectivity index (χ4n) is 2.39. The predicted molar refractivity (Wildman–Crippen MR) is 82.5 cm³/mol. The van der Waals surface area contributed by atoms with Crippen molar-refractivity contribution in [3.63, 3.8) is 0 Å². The number of rotatable bonds is 5. The summed E-state index contributed by atoms with van der Waals surface area (Å²) in [5.74, 6) is 0.964. The lowest BCUT2D eigenvalue weighted by Crippen LogP contribution is -2.37. The van der Waals surface area contributed by atoms with Gasteiger partial charge in [-0.05, 0) is 36.0 Å². The van der Waals surface area contributed by atoms with Crippen LogP contribution in [-0.2, 0) is 10.2 Å². The Bertz CT molecular complexity index is 406. The Labute approximate surface area is 122 Å². The van der Waals surface area contributed by atoms with E-state index in [0.29, 0.717) is 12.6 Å². The first kappa shape index (κ1) is 15.3. The second kappa shape index (κ2) is 7.09. The number of nitrogens with one attached hydrogen (secondary N) is 1. The first-order valence-corrected chi connectivity index (χ1v) is 7.60. The maximum atomic E-state index is 5.84. The molecule has 1 aliphatic rings. The van der Waals surface area contributed by atoms with Crippen LogP contribution in [0.4, 0.5) is 0 Å². The summed E-state index contributed by atoms with van der Waals surface area (Å²) >= 11 is 0. The Kier molecular flexibility index (Phi) is 5.44. The van der Waals surface area contributed by atoms with Crippen molar-refractivity contribution in [1.82, 2.24) is 5.32 Å². The van der Waals surface area contributed by atoms with Crippen molar-refractivity contribution in [2.75, 3.05) is 26.4 Å². The molecule has 3 nitrogen and oxygen atoms in total. The van der Waals surface area contributed by atoms with Gasteiger partial charge in [0.15, 0.2) is 0 Å². The minimum atomic E-state index is 0.166. The van der Waals surface area contributed by atoms with E-state index in [1.165, 1.54) is 5.56 Å². The highest BCUT2D eigenvalue weighted by atomic mass is 16.5. The molecule has 112 valence electrons. The second-order valence-corrected chi connectivity index (χ2v) is 6.47. The Hall–Kier alpha value is -1.06. The summed E-state index contributed by atoms with van der Waals surface area (Å²) in [4.78, 5) is 0. The molecular weight excluding hydrogens is 250 g/mol. The summed E-state index contributed by atoms with van der Waals surface area (Å²) < 4.78 is 11.2. The smallest absolute Gasteiger partial charge is 0.119 e. The van der Waals surface area contributed by atoms with Crippen molar-refractivity contribution in [1.29, 1.82) is 0 Å². The highest BCUT2D eigenvalue weighted by Crippen LogP contribution is 2.25. The number of ether oxygens (including phenoxy) is 2. The SMILES string of the molecule is CC(C)(C)c1cccc(OCCNC2CCOCC2)c1. The average Bonchev–Trinajstić information content (AvgIpc) is 2.44. The molecular formula is C17H27NO2. The third-order valence-electron chi connectivity index (χ3n) is 3.73. The quantitative estimate of drug-likeness (QED) is 0.839. The van der Waals surface area contributed by atoms with Crippen LogP contribution in [-0.4, -0.2) is 32.4 Å². The van der Waals surface area contributed by atoms with E-state index in [-0.39, 0.29) is 5.41 Å². The molecule has 0 bridgehead atoms. The third kappa shape index (κ3) is 4.80. The van der Waals surface area contributed by atoms with Gasteiger partial charge >= 0.3 is 0 Å². The van der Waals surface area contributed by atoms with E-state index in [2.05, 4.69) is 44.3 Å². The molecule has 2 rings (SSSR count). The molecule has 1 aromatic rings. The van der Waals surface area contributed by atoms with Crippen LogP contribution in [0, 0.1) is 0 Å². The Morgan fingerprint density at radius 3 is 2.70 bits per heavy atom. The zero-order chi connectivity index (χ0) is 14.4. The van der Waals surface area contributed by atoms with Gasteiger partial charge in [-0.3, -0.25) is 0 Å². The number of hydrogen-bond donors (Lipinski definition) is 1. The van der Waals surface area contributed by atoms with E-state index < -0.39 is 0 Å². The van der Waals surface area contributed by atoms with Crippen molar-refractivity contribution in [3.05, 3.63) is 29.8 Å². The summed E-state index contributed by atoms with van der Waals surface area (Å²) in [6.45, 7) is 10.0. The van der Waals surface area contributed by atoms with Crippen molar-refractivity contribution in [2.24, 2.45) is 0 Å². The number of hydrogen-bond acceptors (Lipinski definition) is 3. The van der Waals surface area contributed by atoms with Crippen molar-refractivity contribution >= 4 is 0 Å². The molecule has 1 heterocycles. The maximum absolute atomic E-state index is 5.84. The first-order valence-electron chi connectivity index (χ1n) is 7.60. The predicted octanol–water partition coefficient (Wildman–Crippen LogP) is 3.13. The van der Waals surface area contributed by atoms with Crippen LogP contribution in [0.3, 0.4) is 0 Å². The van der Waals surface area contributed by atoms with Crippen LogP contribution >= 0.6 is 0 Å². The molecule has 1 aliphatic heterocycles. The van der Waals surface area contributed by atoms with Gasteiger partial charge in [-0.25, -0.2) is 0 Å². The van der Waals surface area contributed by atoms with Crippen LogP contribution in [0.5, 0.6) is 5.75 Å². The lowest BCUT2D eigenvalue weighted by molar-refractivity contribution is 0.0770. The molecule has 1 aromatic carbocycles. The van der Waals surface area contributed by atoms with Crippen molar-refractivity contribution < 1.29 is 9.47 Å². The molecule has 0 unspecified atom stereocenters. The van der Waals surface area contributed by atoms with Gasteiger partial charge in [0.2, 0.25) is 0 Å². The van der Waals surface area contributed by atoms with Gasteiger partial charge in [-0.2, -0.15) is 0 Å². The van der Waals surface area contributed by atoms with Crippen molar-refractivity contribution in [2.45, 2.75) is 45.1 Å². The molecule has 0 aliphatic carbocycles. The van der Waals surface area contributed by atoms with Gasteiger partial charge in [0.05, 0.1) is 0 Å². The van der Waals surface area contributed by atoms with Crippen LogP contribution in [0.1, 0.15) is 39.2 Å². The van der Waals surface area contributed by atoms with Gasteiger partial charge in [0.1, 0.15) is 12.4 Å². The zero-order valence-corrected chi connectivity index (χ0v) is 12.9. The zero-order valence-electron chi connectivity index (χ0n) is 12.9. The summed E-state index contributed by atoms with van der Waals surface area (Å²) in [5, 5.41) is 3.53. The maximum Gasteiger partial charge on any atom is 0.119 e. The van der Waals surface area contributed by atoms with E-state index in [0.717, 1.165) is 38.3 Å². The molecule has 0 atom stereocenters. The van der Waals surface area contributed by atoms with Gasteiger partial charge in [-0.1, -0.05) is 32.9 Å². The summed E-state index contributed by atoms with van der Waals surface area (Å²) in [7, 11) is 0. The van der Waals surface area contributed by atoms with Gasteiger partial charge in [0.25, 0.3) is 0 Å². The highest BCUT2D eigenvalue weighted by molar-refractivity contribution is 5.32. The van der Waals surface area contributed by atoms with Gasteiger partial charge < -0.3 is 14.8 Å². The van der Waals surface area contributed by atoms with Gasteiger partial charge in [-0.15, -0.1) is 0 Å². The first-order chi connectivity index (χ1) is 9.55. The average molecular weight is 277 g/mol. The Balaban J connectivity index is 1.73. The third-order valence-corrected chi connectivity index (χ3v) is 3.73. The molecule has 0 aromatic heterocycles. The second-order valence-electron chi connectivity index (χ2n) is 6.47. The van der Waals surface area contributed by atoms with E-state index in [1.54, 1.807) is 0 Å². The molecule has 1 saturated heterocycles. The van der Waals surface area contributed by atoms with Gasteiger partial charge in [0, 0.05) is 25.8 Å². The summed E-state index contributed by atoms with van der Waals surface area (Å²) in [5.41, 5.74) is 1.48. The molecule has 1 fully saturated rings. The Morgan fingerprint density at radius 1 is 1.25 bits per heavy atom. The molecule has 0 saturated carbocycles. The summed E-state index contributed by atoms with van der Waals surface area (Å²) in [6, 6.07) is 9.00. The van der Waals surface area contributed by atoms with E-state index >= 15 is 0 Å². The van der Waals surface area contributed by atoms with E-state index in [4.69, 9.17) is 9.47 Å². The Morgan fingerprint density at radius 2 is 2.00 bits per heavy atom.